The average molecular weight is 454 g/mol. The van der Waals surface area contributed by atoms with E-state index in [1.807, 2.05) is 7.05 Å². The van der Waals surface area contributed by atoms with Crippen LogP contribution in [0.5, 0.6) is 0 Å². The Hall–Kier alpha value is -2.82. The van der Waals surface area contributed by atoms with Crippen molar-refractivity contribution in [1.29, 1.82) is 0 Å². The van der Waals surface area contributed by atoms with Crippen molar-refractivity contribution in [2.45, 2.75) is 6.04 Å². The molecule has 31 heavy (non-hydrogen) atoms. The van der Waals surface area contributed by atoms with Gasteiger partial charge in [-0.2, -0.15) is 0 Å². The highest BCUT2D eigenvalue weighted by Crippen LogP contribution is 2.26. The normalized spacial score (nSPS) is 17.1. The van der Waals surface area contributed by atoms with Crippen molar-refractivity contribution in [1.82, 2.24) is 14.9 Å². The molecular weight excluding hydrogens is 435 g/mol. The third-order valence-electron chi connectivity index (χ3n) is 5.11. The first-order valence-corrected chi connectivity index (χ1v) is 9.87. The number of carbonyl (C=O) groups is 1. The van der Waals surface area contributed by atoms with E-state index in [1.165, 1.54) is 12.1 Å². The third-order valence-corrected chi connectivity index (χ3v) is 5.40. The Morgan fingerprint density at radius 3 is 2.87 bits per heavy atom. The minimum absolute atomic E-state index is 0.0281. The Morgan fingerprint density at radius 1 is 1.32 bits per heavy atom. The number of aromatic amines is 1. The summed E-state index contributed by atoms with van der Waals surface area (Å²) < 4.78 is 47.3. The summed E-state index contributed by atoms with van der Waals surface area (Å²) in [5, 5.41) is 5.35. The number of nitrogens with one attached hydrogen (secondary N) is 3. The first kappa shape index (κ1) is 21.4. The Kier molecular flexibility index (Phi) is 6.03. The highest BCUT2D eigenvalue weighted by atomic mass is 35.5. The Balaban J connectivity index is 1.60. The number of aromatic nitrogens is 2. The molecule has 3 aromatic rings. The molecule has 4 rings (SSSR count). The summed E-state index contributed by atoms with van der Waals surface area (Å²) in [5.41, 5.74) is -0.237. The van der Waals surface area contributed by atoms with Crippen LogP contribution in [0.25, 0.3) is 11.0 Å². The molecule has 1 unspecified atom stereocenters. The second-order valence-electron chi connectivity index (χ2n) is 7.20. The van der Waals surface area contributed by atoms with Gasteiger partial charge < -0.3 is 20.4 Å². The summed E-state index contributed by atoms with van der Waals surface area (Å²) in [7, 11) is 1.96. The van der Waals surface area contributed by atoms with Crippen LogP contribution in [-0.4, -0.2) is 60.2 Å². The van der Waals surface area contributed by atoms with E-state index in [0.29, 0.717) is 19.8 Å². The molecule has 1 aliphatic heterocycles. The predicted octanol–water partition coefficient (Wildman–Crippen LogP) is 3.63. The molecule has 164 valence electrons. The second-order valence-corrected chi connectivity index (χ2v) is 7.61. The highest BCUT2D eigenvalue weighted by Gasteiger charge is 2.23. The topological polar surface area (TPSA) is 82.3 Å². The molecule has 1 amide bonds. The number of nitrogens with zero attached hydrogens (tertiary/aromatic N) is 2. The fraction of sp³-hybridized carbons (Fsp3) is 0.300. The molecule has 1 atom stereocenters. The molecule has 3 N–H and O–H groups in total. The van der Waals surface area contributed by atoms with E-state index in [-0.39, 0.29) is 39.3 Å². The van der Waals surface area contributed by atoms with Crippen molar-refractivity contribution in [3.05, 3.63) is 52.3 Å². The van der Waals surface area contributed by atoms with Crippen molar-refractivity contribution in [3.8, 4) is 0 Å². The van der Waals surface area contributed by atoms with E-state index < -0.39 is 23.4 Å². The summed E-state index contributed by atoms with van der Waals surface area (Å²) in [5.74, 6) is -3.57. The minimum Gasteiger partial charge on any atom is -0.378 e. The zero-order valence-corrected chi connectivity index (χ0v) is 17.2. The first-order chi connectivity index (χ1) is 14.8. The second kappa shape index (κ2) is 8.74. The van der Waals surface area contributed by atoms with Crippen molar-refractivity contribution in [2.24, 2.45) is 0 Å². The lowest BCUT2D eigenvalue weighted by molar-refractivity contribution is 0.0109. The number of benzene rings is 2. The maximum Gasteiger partial charge on any atom is 0.257 e. The lowest BCUT2D eigenvalue weighted by Crippen LogP contribution is -2.46. The van der Waals surface area contributed by atoms with Gasteiger partial charge in [0.25, 0.3) is 5.91 Å². The molecular formula is C20H19ClF3N5O2. The number of morpholine rings is 1. The quantitative estimate of drug-likeness (QED) is 0.549. The van der Waals surface area contributed by atoms with Crippen LogP contribution >= 0.6 is 11.6 Å². The summed E-state index contributed by atoms with van der Waals surface area (Å²) >= 11 is 5.72. The van der Waals surface area contributed by atoms with Gasteiger partial charge in [0.2, 0.25) is 5.95 Å². The largest absolute Gasteiger partial charge is 0.378 e. The Bertz CT molecular complexity index is 1140. The van der Waals surface area contributed by atoms with Crippen molar-refractivity contribution < 1.29 is 22.7 Å². The number of fused-ring (bicyclic) bond motifs is 1. The van der Waals surface area contributed by atoms with Crippen molar-refractivity contribution >= 4 is 40.2 Å². The zero-order chi connectivity index (χ0) is 22.1. The molecule has 0 bridgehead atoms. The molecule has 1 aliphatic rings. The predicted molar refractivity (Wildman–Crippen MR) is 111 cm³/mol. The summed E-state index contributed by atoms with van der Waals surface area (Å²) in [6.45, 7) is 2.42. The maximum atomic E-state index is 14.3. The first-order valence-electron chi connectivity index (χ1n) is 9.49. The molecule has 7 nitrogen and oxygen atoms in total. The number of amides is 1. The van der Waals surface area contributed by atoms with Gasteiger partial charge in [-0.05, 0) is 31.3 Å². The summed E-state index contributed by atoms with van der Waals surface area (Å²) in [6.07, 6.45) is 0. The lowest BCUT2D eigenvalue weighted by Gasteiger charge is -2.32. The van der Waals surface area contributed by atoms with Crippen LogP contribution in [0, 0.1) is 17.5 Å². The van der Waals surface area contributed by atoms with Gasteiger partial charge in [-0.1, -0.05) is 11.6 Å². The van der Waals surface area contributed by atoms with Gasteiger partial charge in [-0.15, -0.1) is 0 Å². The van der Waals surface area contributed by atoms with Crippen molar-refractivity contribution in [2.75, 3.05) is 44.0 Å². The standard InChI is InChI=1S/C20H19ClF3N5O2/c1-29-4-5-31-9-11(29)8-25-20-27-17-12(7-15(23)16(24)18(17)28-20)19(30)26-10-2-3-14(22)13(21)6-10/h2-3,6-7,11H,4-5,8-9H2,1H3,(H,26,30)(H2,25,27,28). The van der Waals surface area contributed by atoms with Crippen LogP contribution in [0.1, 0.15) is 10.4 Å². The van der Waals surface area contributed by atoms with Crippen LogP contribution in [0.15, 0.2) is 24.3 Å². The third kappa shape index (κ3) is 4.46. The molecule has 11 heteroatoms. The number of ether oxygens (including phenoxy) is 1. The van der Waals surface area contributed by atoms with E-state index in [2.05, 4.69) is 25.5 Å². The van der Waals surface area contributed by atoms with Crippen LogP contribution in [0.4, 0.5) is 24.8 Å². The van der Waals surface area contributed by atoms with Gasteiger partial charge in [-0.25, -0.2) is 18.2 Å². The van der Waals surface area contributed by atoms with E-state index in [9.17, 15) is 18.0 Å². The molecule has 1 aromatic heterocycles. The molecule has 0 saturated carbocycles. The van der Waals surface area contributed by atoms with Crippen LogP contribution in [0.3, 0.4) is 0 Å². The van der Waals surface area contributed by atoms with E-state index in [0.717, 1.165) is 18.7 Å². The number of hydrogen-bond acceptors (Lipinski definition) is 5. The number of halogens is 4. The van der Waals surface area contributed by atoms with Crippen molar-refractivity contribution in [3.63, 3.8) is 0 Å². The fourth-order valence-electron chi connectivity index (χ4n) is 3.30. The number of imidazole rings is 1. The van der Waals surface area contributed by atoms with Gasteiger partial charge >= 0.3 is 0 Å². The highest BCUT2D eigenvalue weighted by molar-refractivity contribution is 6.31. The molecule has 2 aromatic carbocycles. The maximum absolute atomic E-state index is 14.3. The van der Waals surface area contributed by atoms with Gasteiger partial charge in [0, 0.05) is 18.8 Å². The average Bonchev–Trinajstić information content (AvgIpc) is 3.17. The van der Waals surface area contributed by atoms with Gasteiger partial charge in [0.15, 0.2) is 11.6 Å². The Labute approximate surface area is 180 Å². The number of H-pyrrole nitrogens is 1. The monoisotopic (exact) mass is 453 g/mol. The number of hydrogen-bond donors (Lipinski definition) is 3. The fourth-order valence-corrected chi connectivity index (χ4v) is 3.48. The van der Waals surface area contributed by atoms with Gasteiger partial charge in [0.05, 0.1) is 35.4 Å². The molecule has 0 radical (unpaired) electrons. The van der Waals surface area contributed by atoms with Crippen LogP contribution in [0.2, 0.25) is 5.02 Å². The molecule has 1 saturated heterocycles. The molecule has 2 heterocycles. The van der Waals surface area contributed by atoms with E-state index >= 15 is 0 Å². The van der Waals surface area contributed by atoms with Crippen LogP contribution < -0.4 is 10.6 Å². The smallest absolute Gasteiger partial charge is 0.257 e. The number of rotatable bonds is 5. The summed E-state index contributed by atoms with van der Waals surface area (Å²) in [4.78, 5) is 21.7. The van der Waals surface area contributed by atoms with Crippen LogP contribution in [-0.2, 0) is 4.74 Å². The van der Waals surface area contributed by atoms with Gasteiger partial charge in [-0.3, -0.25) is 9.69 Å². The molecule has 0 spiro atoms. The number of likely N-dealkylation sites (N-methyl/N-ethyl adjacent to an activating group) is 1. The molecule has 1 fully saturated rings. The zero-order valence-electron chi connectivity index (χ0n) is 16.4. The Morgan fingerprint density at radius 2 is 2.13 bits per heavy atom. The van der Waals surface area contributed by atoms with E-state index in [1.54, 1.807) is 0 Å². The lowest BCUT2D eigenvalue weighted by atomic mass is 10.1. The van der Waals surface area contributed by atoms with E-state index in [4.69, 9.17) is 16.3 Å². The minimum atomic E-state index is -1.21. The van der Waals surface area contributed by atoms with Gasteiger partial charge in [0.1, 0.15) is 11.3 Å². The number of carbonyl (C=O) groups excluding carboxylic acids is 1. The number of anilines is 2. The molecule has 0 aliphatic carbocycles. The SMILES string of the molecule is CN1CCOCC1CNc1nc2c(F)c(F)cc(C(=O)Nc3ccc(F)c(Cl)c3)c2[nH]1. The summed E-state index contributed by atoms with van der Waals surface area (Å²) in [6, 6.07) is 4.47.